The summed E-state index contributed by atoms with van der Waals surface area (Å²) in [6.07, 6.45) is 9.91. The maximum absolute atomic E-state index is 12.1. The van der Waals surface area contributed by atoms with Crippen LogP contribution in [-0.4, -0.2) is 29.0 Å². The average molecular weight is 348 g/mol. The first kappa shape index (κ1) is 16.3. The lowest BCUT2D eigenvalue weighted by Crippen LogP contribution is -2.30. The number of anilines is 2. The smallest absolute Gasteiger partial charge is 0.248 e. The third kappa shape index (κ3) is 3.59. The van der Waals surface area contributed by atoms with Gasteiger partial charge in [0.25, 0.3) is 0 Å². The lowest BCUT2D eigenvalue weighted by molar-refractivity contribution is -0.111. The van der Waals surface area contributed by atoms with Crippen LogP contribution in [0.15, 0.2) is 53.4 Å². The van der Waals surface area contributed by atoms with Crippen LogP contribution in [0.1, 0.15) is 25.0 Å². The topological polar surface area (TPSA) is 71.3 Å². The first-order valence-corrected chi connectivity index (χ1v) is 8.82. The summed E-state index contributed by atoms with van der Waals surface area (Å²) < 4.78 is 5.17. The highest BCUT2D eigenvalue weighted by Crippen LogP contribution is 2.27. The molecule has 6 nitrogen and oxygen atoms in total. The summed E-state index contributed by atoms with van der Waals surface area (Å²) >= 11 is 0. The Morgan fingerprint density at radius 3 is 2.85 bits per heavy atom. The zero-order chi connectivity index (χ0) is 17.8. The average Bonchev–Trinajstić information content (AvgIpc) is 3.20. The van der Waals surface area contributed by atoms with Crippen molar-refractivity contribution in [3.8, 4) is 0 Å². The van der Waals surface area contributed by atoms with Crippen LogP contribution in [0.4, 0.5) is 11.5 Å². The monoisotopic (exact) mass is 348 g/mol. The number of rotatable bonds is 4. The maximum Gasteiger partial charge on any atom is 0.248 e. The number of furan rings is 1. The summed E-state index contributed by atoms with van der Waals surface area (Å²) in [6, 6.07) is 9.31. The Labute approximate surface area is 151 Å². The summed E-state index contributed by atoms with van der Waals surface area (Å²) in [5, 5.41) is 3.87. The molecule has 0 saturated carbocycles. The third-order valence-electron chi connectivity index (χ3n) is 4.48. The number of benzene rings is 1. The van der Waals surface area contributed by atoms with Crippen molar-refractivity contribution in [1.29, 1.82) is 0 Å². The van der Waals surface area contributed by atoms with Gasteiger partial charge in [-0.2, -0.15) is 0 Å². The van der Waals surface area contributed by atoms with E-state index in [0.29, 0.717) is 11.4 Å². The molecule has 2 aromatic heterocycles. The number of carbonyl (C=O) groups excluding carboxylic acids is 1. The van der Waals surface area contributed by atoms with Gasteiger partial charge in [0.2, 0.25) is 5.91 Å². The summed E-state index contributed by atoms with van der Waals surface area (Å²) in [5.41, 5.74) is 1.53. The molecule has 3 aromatic rings. The van der Waals surface area contributed by atoms with Crippen molar-refractivity contribution in [1.82, 2.24) is 9.97 Å². The van der Waals surface area contributed by atoms with Crippen molar-refractivity contribution >= 4 is 34.4 Å². The van der Waals surface area contributed by atoms with E-state index in [-0.39, 0.29) is 5.91 Å². The van der Waals surface area contributed by atoms with E-state index in [1.165, 1.54) is 25.3 Å². The molecule has 1 aromatic carbocycles. The molecule has 0 bridgehead atoms. The molecule has 1 aliphatic rings. The minimum absolute atomic E-state index is 0.217. The highest BCUT2D eigenvalue weighted by molar-refractivity contribution is 6.03. The number of aromatic nitrogens is 2. The van der Waals surface area contributed by atoms with E-state index >= 15 is 0 Å². The molecule has 1 amide bonds. The normalized spacial score (nSPS) is 14.8. The predicted molar refractivity (Wildman–Crippen MR) is 102 cm³/mol. The molecule has 1 aliphatic heterocycles. The van der Waals surface area contributed by atoms with Gasteiger partial charge in [-0.05, 0) is 55.7 Å². The van der Waals surface area contributed by atoms with Gasteiger partial charge in [0.15, 0.2) is 0 Å². The number of fused-ring (bicyclic) bond motifs is 1. The summed E-state index contributed by atoms with van der Waals surface area (Å²) in [5.74, 6) is 1.40. The number of piperidine rings is 1. The first-order chi connectivity index (χ1) is 12.8. The molecule has 0 aliphatic carbocycles. The molecule has 4 rings (SSSR count). The van der Waals surface area contributed by atoms with Crippen LogP contribution >= 0.6 is 0 Å². The number of carbonyl (C=O) groups is 1. The molecular formula is C20H20N4O2. The number of hydrogen-bond acceptors (Lipinski definition) is 5. The lowest BCUT2D eigenvalue weighted by atomic mass is 10.1. The Hall–Kier alpha value is -3.15. The van der Waals surface area contributed by atoms with Gasteiger partial charge in [0, 0.05) is 30.2 Å². The van der Waals surface area contributed by atoms with E-state index in [1.807, 2.05) is 18.2 Å². The number of nitrogens with zero attached hydrogens (tertiary/aromatic N) is 3. The molecule has 0 radical (unpaired) electrons. The standard InChI is InChI=1S/C20H20N4O2/c25-19(9-7-16-5-4-12-26-16)23-15-6-8-17-18(13-15)21-14-22-20(17)24-10-2-1-3-11-24/h4-9,12-14H,1-3,10-11H2,(H,23,25). The number of hydrogen-bond donors (Lipinski definition) is 1. The minimum atomic E-state index is -0.217. The fourth-order valence-corrected chi connectivity index (χ4v) is 3.21. The Kier molecular flexibility index (Phi) is 4.64. The van der Waals surface area contributed by atoms with Crippen molar-refractivity contribution < 1.29 is 9.21 Å². The van der Waals surface area contributed by atoms with Crippen LogP contribution in [-0.2, 0) is 4.79 Å². The van der Waals surface area contributed by atoms with Crippen molar-refractivity contribution in [2.24, 2.45) is 0 Å². The fraction of sp³-hybridized carbons (Fsp3) is 0.250. The van der Waals surface area contributed by atoms with Gasteiger partial charge in [0.05, 0.1) is 11.8 Å². The van der Waals surface area contributed by atoms with E-state index < -0.39 is 0 Å². The Morgan fingerprint density at radius 1 is 1.15 bits per heavy atom. The molecule has 6 heteroatoms. The van der Waals surface area contributed by atoms with Crippen molar-refractivity contribution in [2.75, 3.05) is 23.3 Å². The second-order valence-corrected chi connectivity index (χ2v) is 6.31. The molecule has 1 N–H and O–H groups in total. The molecule has 26 heavy (non-hydrogen) atoms. The van der Waals surface area contributed by atoms with Crippen LogP contribution in [0.3, 0.4) is 0 Å². The second-order valence-electron chi connectivity index (χ2n) is 6.31. The number of nitrogens with one attached hydrogen (secondary N) is 1. The van der Waals surface area contributed by atoms with E-state index in [2.05, 4.69) is 20.2 Å². The molecule has 0 unspecified atom stereocenters. The fourth-order valence-electron chi connectivity index (χ4n) is 3.21. The van der Waals surface area contributed by atoms with Gasteiger partial charge < -0.3 is 14.6 Å². The molecule has 0 spiro atoms. The zero-order valence-corrected chi connectivity index (χ0v) is 14.4. The SMILES string of the molecule is O=C(C=Cc1ccco1)Nc1ccc2c(N3CCCCC3)ncnc2c1. The van der Waals surface area contributed by atoms with Gasteiger partial charge >= 0.3 is 0 Å². The summed E-state index contributed by atoms with van der Waals surface area (Å²) in [6.45, 7) is 2.06. The molecular weight excluding hydrogens is 328 g/mol. The molecule has 3 heterocycles. The van der Waals surface area contributed by atoms with Gasteiger partial charge in [0.1, 0.15) is 17.9 Å². The van der Waals surface area contributed by atoms with Crippen molar-refractivity contribution in [3.63, 3.8) is 0 Å². The van der Waals surface area contributed by atoms with E-state index in [4.69, 9.17) is 4.42 Å². The number of amides is 1. The van der Waals surface area contributed by atoms with Gasteiger partial charge in [-0.1, -0.05) is 0 Å². The minimum Gasteiger partial charge on any atom is -0.465 e. The third-order valence-corrected chi connectivity index (χ3v) is 4.48. The molecule has 1 saturated heterocycles. The van der Waals surface area contributed by atoms with Crippen molar-refractivity contribution in [2.45, 2.75) is 19.3 Å². The lowest BCUT2D eigenvalue weighted by Gasteiger charge is -2.28. The highest BCUT2D eigenvalue weighted by atomic mass is 16.3. The molecule has 0 atom stereocenters. The highest BCUT2D eigenvalue weighted by Gasteiger charge is 2.15. The Morgan fingerprint density at radius 2 is 2.04 bits per heavy atom. The molecule has 132 valence electrons. The van der Waals surface area contributed by atoms with Gasteiger partial charge in [-0.15, -0.1) is 0 Å². The van der Waals surface area contributed by atoms with Crippen LogP contribution in [0, 0.1) is 0 Å². The maximum atomic E-state index is 12.1. The van der Waals surface area contributed by atoms with Crippen molar-refractivity contribution in [3.05, 3.63) is 54.8 Å². The largest absolute Gasteiger partial charge is 0.465 e. The summed E-state index contributed by atoms with van der Waals surface area (Å²) in [7, 11) is 0. The van der Waals surface area contributed by atoms with E-state index in [0.717, 1.165) is 29.8 Å². The van der Waals surface area contributed by atoms with E-state index in [9.17, 15) is 4.79 Å². The van der Waals surface area contributed by atoms with Crippen LogP contribution < -0.4 is 10.2 Å². The zero-order valence-electron chi connectivity index (χ0n) is 14.4. The quantitative estimate of drug-likeness (QED) is 0.725. The van der Waals surface area contributed by atoms with Crippen LogP contribution in [0.25, 0.3) is 17.0 Å². The Balaban J connectivity index is 1.53. The van der Waals surface area contributed by atoms with Crippen LogP contribution in [0.5, 0.6) is 0 Å². The van der Waals surface area contributed by atoms with Crippen LogP contribution in [0.2, 0.25) is 0 Å². The predicted octanol–water partition coefficient (Wildman–Crippen LogP) is 3.87. The summed E-state index contributed by atoms with van der Waals surface area (Å²) in [4.78, 5) is 23.2. The second kappa shape index (κ2) is 7.39. The first-order valence-electron chi connectivity index (χ1n) is 8.82. The van der Waals surface area contributed by atoms with E-state index in [1.54, 1.807) is 30.8 Å². The van der Waals surface area contributed by atoms with Gasteiger partial charge in [-0.25, -0.2) is 9.97 Å². The molecule has 1 fully saturated rings. The Bertz CT molecular complexity index is 928. The van der Waals surface area contributed by atoms with Gasteiger partial charge in [-0.3, -0.25) is 4.79 Å².